The fourth-order valence-corrected chi connectivity index (χ4v) is 3.94. The molecule has 0 aliphatic carbocycles. The van der Waals surface area contributed by atoms with E-state index in [1.807, 2.05) is 47.1 Å². The van der Waals surface area contributed by atoms with E-state index in [1.54, 1.807) is 19.2 Å². The van der Waals surface area contributed by atoms with E-state index < -0.39 is 0 Å². The van der Waals surface area contributed by atoms with Crippen LogP contribution in [0.2, 0.25) is 5.02 Å². The number of aromatic nitrogens is 1. The highest BCUT2D eigenvalue weighted by Gasteiger charge is 2.24. The normalized spacial score (nSPS) is 14.6. The molecule has 2 aromatic carbocycles. The topological polar surface area (TPSA) is 77.7 Å². The third-order valence-corrected chi connectivity index (χ3v) is 5.95. The Kier molecular flexibility index (Phi) is 6.15. The van der Waals surface area contributed by atoms with Gasteiger partial charge in [-0.05, 0) is 30.7 Å². The highest BCUT2D eigenvalue weighted by atomic mass is 35.5. The number of aromatic amines is 1. The van der Waals surface area contributed by atoms with Gasteiger partial charge in [0, 0.05) is 48.2 Å². The standard InChI is InChI=1S/C23H25ClN4O3/c1-15-11-19(21(31-2)13-17(15)24)26-22(29)14-27-7-9-28(10-8-27)23(30)20-12-16-5-3-4-6-18(16)25-20/h3-6,11-13,25H,7-10,14H2,1-2H3,(H,26,29). The van der Waals surface area contributed by atoms with E-state index >= 15 is 0 Å². The molecule has 2 heterocycles. The Morgan fingerprint density at radius 1 is 1.13 bits per heavy atom. The number of hydrogen-bond acceptors (Lipinski definition) is 4. The Morgan fingerprint density at radius 2 is 1.87 bits per heavy atom. The van der Waals surface area contributed by atoms with Crippen molar-refractivity contribution in [1.29, 1.82) is 0 Å². The van der Waals surface area contributed by atoms with Crippen LogP contribution in [0.4, 0.5) is 5.69 Å². The van der Waals surface area contributed by atoms with E-state index in [-0.39, 0.29) is 18.4 Å². The molecule has 0 unspecified atom stereocenters. The van der Waals surface area contributed by atoms with Gasteiger partial charge < -0.3 is 19.9 Å². The molecule has 0 spiro atoms. The van der Waals surface area contributed by atoms with Gasteiger partial charge in [-0.15, -0.1) is 0 Å². The maximum atomic E-state index is 12.8. The lowest BCUT2D eigenvalue weighted by Crippen LogP contribution is -2.50. The average Bonchev–Trinajstić information content (AvgIpc) is 3.20. The van der Waals surface area contributed by atoms with Crippen LogP contribution in [-0.2, 0) is 4.79 Å². The molecule has 2 amide bonds. The first-order valence-electron chi connectivity index (χ1n) is 10.2. The van der Waals surface area contributed by atoms with Crippen LogP contribution >= 0.6 is 11.6 Å². The summed E-state index contributed by atoms with van der Waals surface area (Å²) in [6.45, 7) is 4.54. The number of H-pyrrole nitrogens is 1. The van der Waals surface area contributed by atoms with E-state index in [1.165, 1.54) is 0 Å². The molecule has 7 nitrogen and oxygen atoms in total. The number of carbonyl (C=O) groups is 2. The number of amides is 2. The van der Waals surface area contributed by atoms with Crippen molar-refractivity contribution in [3.05, 3.63) is 58.7 Å². The van der Waals surface area contributed by atoms with Crippen LogP contribution in [-0.4, -0.2) is 66.4 Å². The van der Waals surface area contributed by atoms with Gasteiger partial charge in [-0.3, -0.25) is 14.5 Å². The Labute approximate surface area is 185 Å². The fraction of sp³-hybridized carbons (Fsp3) is 0.304. The summed E-state index contributed by atoms with van der Waals surface area (Å²) >= 11 is 6.13. The van der Waals surface area contributed by atoms with Gasteiger partial charge >= 0.3 is 0 Å². The minimum Gasteiger partial charge on any atom is -0.495 e. The van der Waals surface area contributed by atoms with Gasteiger partial charge in [0.15, 0.2) is 0 Å². The number of piperazine rings is 1. The highest BCUT2D eigenvalue weighted by Crippen LogP contribution is 2.30. The predicted octanol–water partition coefficient (Wildman–Crippen LogP) is 3.53. The maximum Gasteiger partial charge on any atom is 0.270 e. The van der Waals surface area contributed by atoms with Gasteiger partial charge in [-0.1, -0.05) is 29.8 Å². The number of methoxy groups -OCH3 is 1. The van der Waals surface area contributed by atoms with Gasteiger partial charge in [-0.2, -0.15) is 0 Å². The van der Waals surface area contributed by atoms with Gasteiger partial charge in [0.2, 0.25) is 5.91 Å². The van der Waals surface area contributed by atoms with Crippen LogP contribution in [0.1, 0.15) is 16.1 Å². The van der Waals surface area contributed by atoms with Crippen molar-refractivity contribution >= 4 is 40.0 Å². The molecule has 0 atom stereocenters. The van der Waals surface area contributed by atoms with Crippen molar-refractivity contribution in [2.75, 3.05) is 45.2 Å². The molecule has 1 aromatic heterocycles. The first-order valence-corrected chi connectivity index (χ1v) is 10.6. The van der Waals surface area contributed by atoms with Gasteiger partial charge in [0.05, 0.1) is 19.3 Å². The van der Waals surface area contributed by atoms with Crippen molar-refractivity contribution < 1.29 is 14.3 Å². The Morgan fingerprint density at radius 3 is 2.58 bits per heavy atom. The number of para-hydroxylation sites is 1. The molecule has 0 radical (unpaired) electrons. The molecule has 1 fully saturated rings. The molecular formula is C23H25ClN4O3. The van der Waals surface area contributed by atoms with Crippen LogP contribution in [0.25, 0.3) is 10.9 Å². The molecule has 4 rings (SSSR count). The van der Waals surface area contributed by atoms with Gasteiger partial charge in [0.1, 0.15) is 11.4 Å². The quantitative estimate of drug-likeness (QED) is 0.636. The van der Waals surface area contributed by atoms with E-state index in [0.29, 0.717) is 48.3 Å². The van der Waals surface area contributed by atoms with E-state index in [2.05, 4.69) is 10.3 Å². The number of aryl methyl sites for hydroxylation is 1. The fourth-order valence-electron chi connectivity index (χ4n) is 3.79. The largest absolute Gasteiger partial charge is 0.495 e. The summed E-state index contributed by atoms with van der Waals surface area (Å²) in [6, 6.07) is 13.2. The summed E-state index contributed by atoms with van der Waals surface area (Å²) < 4.78 is 5.32. The third kappa shape index (κ3) is 4.68. The lowest BCUT2D eigenvalue weighted by Gasteiger charge is -2.34. The molecule has 31 heavy (non-hydrogen) atoms. The molecule has 1 aliphatic rings. The summed E-state index contributed by atoms with van der Waals surface area (Å²) in [5.41, 5.74) is 3.01. The van der Waals surface area contributed by atoms with E-state index in [9.17, 15) is 9.59 Å². The van der Waals surface area contributed by atoms with Crippen molar-refractivity contribution in [2.24, 2.45) is 0 Å². The van der Waals surface area contributed by atoms with Crippen molar-refractivity contribution in [3.8, 4) is 5.75 Å². The van der Waals surface area contributed by atoms with Gasteiger partial charge in [-0.25, -0.2) is 0 Å². The SMILES string of the molecule is COc1cc(Cl)c(C)cc1NC(=O)CN1CCN(C(=O)c2cc3ccccc3[nH]2)CC1. The number of benzene rings is 2. The molecule has 3 aromatic rings. The number of anilines is 1. The molecular weight excluding hydrogens is 416 g/mol. The molecule has 0 saturated carbocycles. The first-order chi connectivity index (χ1) is 14.9. The Bertz CT molecular complexity index is 1090. The first kappa shape index (κ1) is 21.2. The van der Waals surface area contributed by atoms with Crippen molar-refractivity contribution in [2.45, 2.75) is 6.92 Å². The zero-order valence-corrected chi connectivity index (χ0v) is 18.3. The number of nitrogens with zero attached hydrogens (tertiary/aromatic N) is 2. The zero-order valence-electron chi connectivity index (χ0n) is 17.6. The second kappa shape index (κ2) is 8.99. The van der Waals surface area contributed by atoms with Crippen LogP contribution in [0.3, 0.4) is 0 Å². The maximum absolute atomic E-state index is 12.8. The van der Waals surface area contributed by atoms with Crippen LogP contribution < -0.4 is 10.1 Å². The lowest BCUT2D eigenvalue weighted by molar-refractivity contribution is -0.117. The number of carbonyl (C=O) groups excluding carboxylic acids is 2. The Hall–Kier alpha value is -3.03. The van der Waals surface area contributed by atoms with Crippen LogP contribution in [0.15, 0.2) is 42.5 Å². The molecule has 2 N–H and O–H groups in total. The molecule has 8 heteroatoms. The average molecular weight is 441 g/mol. The minimum absolute atomic E-state index is 0.0123. The second-order valence-electron chi connectivity index (χ2n) is 7.69. The highest BCUT2D eigenvalue weighted by molar-refractivity contribution is 6.31. The number of halogens is 1. The van der Waals surface area contributed by atoms with Crippen LogP contribution in [0.5, 0.6) is 5.75 Å². The number of ether oxygens (including phenoxy) is 1. The Balaban J connectivity index is 1.32. The summed E-state index contributed by atoms with van der Waals surface area (Å²) in [5, 5.41) is 4.51. The molecule has 1 aliphatic heterocycles. The lowest BCUT2D eigenvalue weighted by atomic mass is 10.2. The van der Waals surface area contributed by atoms with Gasteiger partial charge in [0.25, 0.3) is 5.91 Å². The number of rotatable bonds is 5. The molecule has 0 bridgehead atoms. The second-order valence-corrected chi connectivity index (χ2v) is 8.10. The smallest absolute Gasteiger partial charge is 0.270 e. The zero-order chi connectivity index (χ0) is 22.0. The third-order valence-electron chi connectivity index (χ3n) is 5.54. The summed E-state index contributed by atoms with van der Waals surface area (Å²) in [6.07, 6.45) is 0. The monoisotopic (exact) mass is 440 g/mol. The summed E-state index contributed by atoms with van der Waals surface area (Å²) in [5.74, 6) is 0.384. The number of nitrogens with one attached hydrogen (secondary N) is 2. The summed E-state index contributed by atoms with van der Waals surface area (Å²) in [7, 11) is 1.54. The van der Waals surface area contributed by atoms with Crippen molar-refractivity contribution in [3.63, 3.8) is 0 Å². The van der Waals surface area contributed by atoms with E-state index in [0.717, 1.165) is 16.5 Å². The van der Waals surface area contributed by atoms with Crippen LogP contribution in [0, 0.1) is 6.92 Å². The van der Waals surface area contributed by atoms with E-state index in [4.69, 9.17) is 16.3 Å². The molecule has 1 saturated heterocycles. The van der Waals surface area contributed by atoms with Crippen molar-refractivity contribution in [1.82, 2.24) is 14.8 Å². The minimum atomic E-state index is -0.129. The predicted molar refractivity (Wildman–Crippen MR) is 122 cm³/mol. The number of hydrogen-bond donors (Lipinski definition) is 2. The summed E-state index contributed by atoms with van der Waals surface area (Å²) in [4.78, 5) is 32.5. The molecule has 162 valence electrons. The number of fused-ring (bicyclic) bond motifs is 1.